The van der Waals surface area contributed by atoms with E-state index >= 15 is 0 Å². The van der Waals surface area contributed by atoms with Gasteiger partial charge in [-0.3, -0.25) is 9.67 Å². The molecule has 2 aromatic rings. The van der Waals surface area contributed by atoms with E-state index in [1.165, 1.54) is 0 Å². The molecule has 2 aromatic heterocycles. The van der Waals surface area contributed by atoms with Gasteiger partial charge in [-0.25, -0.2) is 0 Å². The largest absolute Gasteiger partial charge is 0.312 e. The number of pyridine rings is 1. The van der Waals surface area contributed by atoms with Crippen LogP contribution >= 0.6 is 0 Å². The zero-order chi connectivity index (χ0) is 11.9. The molecule has 1 unspecified atom stereocenters. The molecule has 0 spiro atoms. The van der Waals surface area contributed by atoms with Gasteiger partial charge in [-0.15, -0.1) is 0 Å². The van der Waals surface area contributed by atoms with E-state index < -0.39 is 0 Å². The molecule has 4 heteroatoms. The van der Waals surface area contributed by atoms with Crippen molar-refractivity contribution < 1.29 is 0 Å². The predicted molar refractivity (Wildman–Crippen MR) is 67.6 cm³/mol. The van der Waals surface area contributed by atoms with Gasteiger partial charge in [0.15, 0.2) is 0 Å². The summed E-state index contributed by atoms with van der Waals surface area (Å²) < 4.78 is 1.94. The molecule has 2 rings (SSSR count). The van der Waals surface area contributed by atoms with Gasteiger partial charge in [-0.05, 0) is 25.1 Å². The second kappa shape index (κ2) is 6.15. The summed E-state index contributed by atoms with van der Waals surface area (Å²) in [6, 6.07) is 8.38. The summed E-state index contributed by atoms with van der Waals surface area (Å²) in [7, 11) is 0. The maximum Gasteiger partial charge on any atom is 0.0559 e. The fourth-order valence-corrected chi connectivity index (χ4v) is 1.75. The van der Waals surface area contributed by atoms with Crippen molar-refractivity contribution in [3.05, 3.63) is 48.5 Å². The molecule has 90 valence electrons. The van der Waals surface area contributed by atoms with Crippen molar-refractivity contribution in [2.24, 2.45) is 0 Å². The summed E-state index contributed by atoms with van der Waals surface area (Å²) in [6.45, 7) is 4.01. The summed E-state index contributed by atoms with van der Waals surface area (Å²) >= 11 is 0. The van der Waals surface area contributed by atoms with Crippen molar-refractivity contribution in [3.8, 4) is 0 Å². The number of hydrogen-bond donors (Lipinski definition) is 1. The van der Waals surface area contributed by atoms with Crippen LogP contribution in [0.2, 0.25) is 0 Å². The molecular weight excluding hydrogens is 212 g/mol. The van der Waals surface area contributed by atoms with Crippen LogP contribution in [0.4, 0.5) is 0 Å². The average molecular weight is 230 g/mol. The number of nitrogens with zero attached hydrogens (tertiary/aromatic N) is 3. The highest BCUT2D eigenvalue weighted by atomic mass is 15.3. The van der Waals surface area contributed by atoms with Crippen molar-refractivity contribution in [1.82, 2.24) is 20.1 Å². The predicted octanol–water partition coefficient (Wildman–Crippen LogP) is 1.50. The highest BCUT2D eigenvalue weighted by molar-refractivity contribution is 5.03. The van der Waals surface area contributed by atoms with E-state index in [9.17, 15) is 0 Å². The van der Waals surface area contributed by atoms with Gasteiger partial charge >= 0.3 is 0 Å². The highest BCUT2D eigenvalue weighted by Gasteiger charge is 2.02. The number of hydrogen-bond acceptors (Lipinski definition) is 3. The topological polar surface area (TPSA) is 42.7 Å². The molecule has 0 radical (unpaired) electrons. The van der Waals surface area contributed by atoms with Crippen LogP contribution in [0.15, 0.2) is 42.9 Å². The van der Waals surface area contributed by atoms with Crippen LogP contribution in [0.5, 0.6) is 0 Å². The van der Waals surface area contributed by atoms with Crippen molar-refractivity contribution in [2.75, 3.05) is 6.54 Å². The Bertz CT molecular complexity index is 410. The number of nitrogens with one attached hydrogen (secondary N) is 1. The van der Waals surface area contributed by atoms with Gasteiger partial charge in [0, 0.05) is 43.3 Å². The third-order valence-corrected chi connectivity index (χ3v) is 2.62. The minimum atomic E-state index is 0.415. The van der Waals surface area contributed by atoms with E-state index in [2.05, 4.69) is 28.4 Å². The Kier molecular flexibility index (Phi) is 4.27. The SMILES string of the molecule is CC(Cn1cccn1)NCCc1ccccn1. The summed E-state index contributed by atoms with van der Waals surface area (Å²) in [5.41, 5.74) is 1.13. The van der Waals surface area contributed by atoms with Crippen LogP contribution in [0, 0.1) is 0 Å². The van der Waals surface area contributed by atoms with E-state index in [1.54, 1.807) is 6.20 Å². The van der Waals surface area contributed by atoms with Crippen LogP contribution in [0.1, 0.15) is 12.6 Å². The van der Waals surface area contributed by atoms with E-state index in [0.717, 1.165) is 25.2 Å². The smallest absolute Gasteiger partial charge is 0.0559 e. The monoisotopic (exact) mass is 230 g/mol. The molecule has 0 aliphatic heterocycles. The first-order chi connectivity index (χ1) is 8.34. The number of aromatic nitrogens is 3. The fraction of sp³-hybridized carbons (Fsp3) is 0.385. The Hall–Kier alpha value is -1.68. The average Bonchev–Trinajstić information content (AvgIpc) is 2.83. The van der Waals surface area contributed by atoms with Gasteiger partial charge in [-0.2, -0.15) is 5.10 Å². The molecule has 17 heavy (non-hydrogen) atoms. The van der Waals surface area contributed by atoms with Gasteiger partial charge in [0.05, 0.1) is 6.54 Å². The molecule has 0 saturated heterocycles. The summed E-state index contributed by atoms with van der Waals surface area (Å²) in [5, 5.41) is 7.66. The van der Waals surface area contributed by atoms with Gasteiger partial charge in [0.2, 0.25) is 0 Å². The van der Waals surface area contributed by atoms with Gasteiger partial charge < -0.3 is 5.32 Å². The summed E-state index contributed by atoms with van der Waals surface area (Å²) in [4.78, 5) is 4.29. The standard InChI is InChI=1S/C13H18N4/c1-12(11-17-10-4-8-16-17)14-9-6-13-5-2-3-7-15-13/h2-5,7-8,10,12,14H,6,9,11H2,1H3. The third-order valence-electron chi connectivity index (χ3n) is 2.62. The Labute approximate surface area is 102 Å². The van der Waals surface area contributed by atoms with E-state index in [4.69, 9.17) is 0 Å². The van der Waals surface area contributed by atoms with Gasteiger partial charge in [0.25, 0.3) is 0 Å². The molecule has 1 N–H and O–H groups in total. The molecule has 0 aliphatic carbocycles. The zero-order valence-corrected chi connectivity index (χ0v) is 10.1. The molecule has 0 amide bonds. The summed E-state index contributed by atoms with van der Waals surface area (Å²) in [5.74, 6) is 0. The first-order valence-electron chi connectivity index (χ1n) is 5.95. The van der Waals surface area contributed by atoms with Crippen LogP contribution < -0.4 is 5.32 Å². The third kappa shape index (κ3) is 4.00. The lowest BCUT2D eigenvalue weighted by molar-refractivity contribution is 0.453. The second-order valence-corrected chi connectivity index (χ2v) is 4.15. The second-order valence-electron chi connectivity index (χ2n) is 4.15. The molecule has 4 nitrogen and oxygen atoms in total. The lowest BCUT2D eigenvalue weighted by Gasteiger charge is -2.13. The molecule has 1 atom stereocenters. The maximum atomic E-state index is 4.29. The summed E-state index contributed by atoms with van der Waals surface area (Å²) in [6.07, 6.45) is 6.59. The Morgan fingerprint density at radius 3 is 2.94 bits per heavy atom. The Morgan fingerprint density at radius 1 is 1.29 bits per heavy atom. The quantitative estimate of drug-likeness (QED) is 0.817. The number of rotatable bonds is 6. The van der Waals surface area contributed by atoms with Crippen molar-refractivity contribution in [2.45, 2.75) is 25.9 Å². The van der Waals surface area contributed by atoms with Crippen molar-refractivity contribution >= 4 is 0 Å². The first kappa shape index (κ1) is 11.8. The Balaban J connectivity index is 1.68. The Morgan fingerprint density at radius 2 is 2.24 bits per heavy atom. The van der Waals surface area contributed by atoms with E-state index in [0.29, 0.717) is 6.04 Å². The zero-order valence-electron chi connectivity index (χ0n) is 10.1. The van der Waals surface area contributed by atoms with Gasteiger partial charge in [-0.1, -0.05) is 6.07 Å². The molecular formula is C13H18N4. The lowest BCUT2D eigenvalue weighted by Crippen LogP contribution is -2.32. The normalized spacial score (nSPS) is 12.5. The van der Waals surface area contributed by atoms with Gasteiger partial charge in [0.1, 0.15) is 0 Å². The van der Waals surface area contributed by atoms with Crippen LogP contribution in [0.25, 0.3) is 0 Å². The van der Waals surface area contributed by atoms with Crippen LogP contribution in [0.3, 0.4) is 0 Å². The minimum Gasteiger partial charge on any atom is -0.312 e. The molecule has 0 saturated carbocycles. The molecule has 0 aromatic carbocycles. The van der Waals surface area contributed by atoms with E-state index in [1.807, 2.05) is 35.3 Å². The molecule has 2 heterocycles. The van der Waals surface area contributed by atoms with Crippen molar-refractivity contribution in [1.29, 1.82) is 0 Å². The minimum absolute atomic E-state index is 0.415. The first-order valence-corrected chi connectivity index (χ1v) is 5.95. The van der Waals surface area contributed by atoms with Crippen molar-refractivity contribution in [3.63, 3.8) is 0 Å². The maximum absolute atomic E-state index is 4.29. The fourth-order valence-electron chi connectivity index (χ4n) is 1.75. The molecule has 0 fully saturated rings. The van der Waals surface area contributed by atoms with Crippen LogP contribution in [-0.4, -0.2) is 27.4 Å². The molecule has 0 bridgehead atoms. The lowest BCUT2D eigenvalue weighted by atomic mass is 10.2. The van der Waals surface area contributed by atoms with E-state index in [-0.39, 0.29) is 0 Å². The van der Waals surface area contributed by atoms with Crippen LogP contribution in [-0.2, 0) is 13.0 Å². The molecule has 0 aliphatic rings. The highest BCUT2D eigenvalue weighted by Crippen LogP contribution is 1.95.